The number of nitrogens with zero attached hydrogens (tertiary/aromatic N) is 6. The second kappa shape index (κ2) is 9.69. The van der Waals surface area contributed by atoms with Gasteiger partial charge in [-0.3, -0.25) is 4.79 Å². The maximum atomic E-state index is 13.2. The molecule has 0 saturated heterocycles. The van der Waals surface area contributed by atoms with Gasteiger partial charge in [0.1, 0.15) is 6.33 Å². The lowest BCUT2D eigenvalue weighted by Crippen LogP contribution is -2.34. The summed E-state index contributed by atoms with van der Waals surface area (Å²) < 4.78 is 53.0. The molecule has 3 rings (SSSR count). The van der Waals surface area contributed by atoms with Crippen molar-refractivity contribution < 1.29 is 21.6 Å². The van der Waals surface area contributed by atoms with Gasteiger partial charge in [-0.1, -0.05) is 39.7 Å². The van der Waals surface area contributed by atoms with Gasteiger partial charge in [0.2, 0.25) is 0 Å². The van der Waals surface area contributed by atoms with E-state index in [9.17, 15) is 21.6 Å². The fourth-order valence-electron chi connectivity index (χ4n) is 2.34. The van der Waals surface area contributed by atoms with E-state index in [1.807, 2.05) is 0 Å². The Balaban J connectivity index is 2.08. The van der Waals surface area contributed by atoms with Crippen LogP contribution in [-0.4, -0.2) is 65.9 Å². The maximum Gasteiger partial charge on any atom is 0.323 e. The van der Waals surface area contributed by atoms with E-state index >= 15 is 0 Å². The predicted molar refractivity (Wildman–Crippen MR) is 125 cm³/mol. The van der Waals surface area contributed by atoms with Gasteiger partial charge >= 0.3 is 20.2 Å². The number of carbonyl (C=O) groups excluding carboxylic acids is 1. The van der Waals surface area contributed by atoms with Crippen LogP contribution in [0.2, 0.25) is 5.02 Å². The highest BCUT2D eigenvalue weighted by atomic mass is 79.9. The highest BCUT2D eigenvalue weighted by molar-refractivity contribution is 9.10. The van der Waals surface area contributed by atoms with Gasteiger partial charge in [0.05, 0.1) is 6.21 Å². The lowest BCUT2D eigenvalue weighted by atomic mass is 10.2. The second-order valence-corrected chi connectivity index (χ2v) is 11.6. The van der Waals surface area contributed by atoms with Crippen LogP contribution in [0.4, 0.5) is 0 Å². The Bertz CT molecular complexity index is 1420. The van der Waals surface area contributed by atoms with E-state index in [1.165, 1.54) is 38.4 Å². The molecule has 0 N–H and O–H groups in total. The molecule has 2 aromatic carbocycles. The third-order valence-electron chi connectivity index (χ3n) is 4.03. The van der Waals surface area contributed by atoms with E-state index in [2.05, 4.69) is 31.1 Å². The van der Waals surface area contributed by atoms with Gasteiger partial charge in [-0.05, 0) is 42.0 Å². The van der Waals surface area contributed by atoms with Crippen LogP contribution in [0.1, 0.15) is 15.9 Å². The molecule has 0 radical (unpaired) electrons. The fraction of sp³-hybridized carbons (Fsp3) is 0.111. The van der Waals surface area contributed by atoms with Gasteiger partial charge in [-0.15, -0.1) is 13.6 Å². The molecule has 11 nitrogen and oxygen atoms in total. The highest BCUT2D eigenvalue weighted by Gasteiger charge is 2.35. The van der Waals surface area contributed by atoms with Crippen molar-refractivity contribution in [1.82, 2.24) is 22.9 Å². The van der Waals surface area contributed by atoms with Crippen LogP contribution in [0.3, 0.4) is 0 Å². The molecule has 1 heterocycles. The average molecular weight is 576 g/mol. The SMILES string of the molecule is CN(C)S(=O)(=O)n1cnc(S(=O)(=O)N(/N=C/c2cccc(Br)c2)C(=O)c2ccc(Cl)cc2)n1. The van der Waals surface area contributed by atoms with Crippen molar-refractivity contribution in [3.63, 3.8) is 0 Å². The molecular formula is C18H16BrClN6O5S2. The lowest BCUT2D eigenvalue weighted by molar-refractivity contribution is 0.0864. The molecule has 3 aromatic rings. The maximum absolute atomic E-state index is 13.2. The molecule has 0 saturated carbocycles. The number of hydrogen-bond acceptors (Lipinski definition) is 8. The Hall–Kier alpha value is -2.65. The number of rotatable bonds is 7. The van der Waals surface area contributed by atoms with Crippen molar-refractivity contribution in [2.75, 3.05) is 14.1 Å². The smallest absolute Gasteiger partial charge is 0.266 e. The molecule has 1 amide bonds. The first-order chi connectivity index (χ1) is 15.4. The van der Waals surface area contributed by atoms with E-state index in [0.717, 1.165) is 10.5 Å². The summed E-state index contributed by atoms with van der Waals surface area (Å²) >= 11 is 9.14. The van der Waals surface area contributed by atoms with Crippen molar-refractivity contribution in [3.8, 4) is 0 Å². The highest BCUT2D eigenvalue weighted by Crippen LogP contribution is 2.19. The quantitative estimate of drug-likeness (QED) is 0.311. The van der Waals surface area contributed by atoms with E-state index in [1.54, 1.807) is 24.3 Å². The van der Waals surface area contributed by atoms with Crippen molar-refractivity contribution in [3.05, 3.63) is 75.5 Å². The summed E-state index contributed by atoms with van der Waals surface area (Å²) in [4.78, 5) is 16.6. The number of hydrogen-bond donors (Lipinski definition) is 0. The summed E-state index contributed by atoms with van der Waals surface area (Å²) in [6.07, 6.45) is 1.87. The largest absolute Gasteiger partial charge is 0.323 e. The van der Waals surface area contributed by atoms with E-state index in [0.29, 0.717) is 25.5 Å². The molecular weight excluding hydrogens is 560 g/mol. The minimum atomic E-state index is -4.79. The second-order valence-electron chi connectivity index (χ2n) is 6.55. The average Bonchev–Trinajstić information content (AvgIpc) is 3.26. The van der Waals surface area contributed by atoms with Crippen LogP contribution >= 0.6 is 27.5 Å². The minimum Gasteiger partial charge on any atom is -0.266 e. The number of halogens is 2. The molecule has 0 atom stereocenters. The number of carbonyl (C=O) groups is 1. The van der Waals surface area contributed by atoms with E-state index < -0.39 is 31.3 Å². The molecule has 0 bridgehead atoms. The Kier molecular flexibility index (Phi) is 7.33. The van der Waals surface area contributed by atoms with Gasteiger partial charge in [0, 0.05) is 29.2 Å². The van der Waals surface area contributed by atoms with Crippen molar-refractivity contribution >= 4 is 59.9 Å². The van der Waals surface area contributed by atoms with Crippen molar-refractivity contribution in [2.24, 2.45) is 5.10 Å². The van der Waals surface area contributed by atoms with Crippen LogP contribution in [-0.2, 0) is 20.2 Å². The zero-order valence-electron chi connectivity index (χ0n) is 17.1. The summed E-state index contributed by atoms with van der Waals surface area (Å²) in [5.74, 6) is -1.02. The molecule has 0 fully saturated rings. The monoisotopic (exact) mass is 574 g/mol. The predicted octanol–water partition coefficient (Wildman–Crippen LogP) is 2.21. The first-order valence-electron chi connectivity index (χ1n) is 8.92. The van der Waals surface area contributed by atoms with Crippen LogP contribution in [0.5, 0.6) is 0 Å². The molecule has 0 spiro atoms. The van der Waals surface area contributed by atoms with Crippen molar-refractivity contribution in [2.45, 2.75) is 5.16 Å². The third-order valence-corrected chi connectivity index (χ3v) is 7.71. The lowest BCUT2D eigenvalue weighted by Gasteiger charge is -2.15. The van der Waals surface area contributed by atoms with Crippen LogP contribution in [0, 0.1) is 0 Å². The van der Waals surface area contributed by atoms with Crippen LogP contribution in [0.15, 0.2) is 69.6 Å². The first kappa shape index (κ1) is 25.0. The van der Waals surface area contributed by atoms with Crippen LogP contribution < -0.4 is 0 Å². The van der Waals surface area contributed by atoms with Gasteiger partial charge in [-0.25, -0.2) is 4.98 Å². The third kappa shape index (κ3) is 5.47. The number of amides is 1. The topological polar surface area (TPSA) is 135 Å². The summed E-state index contributed by atoms with van der Waals surface area (Å²) in [6.45, 7) is 0. The fourth-order valence-corrected chi connectivity index (χ4v) is 4.64. The van der Waals surface area contributed by atoms with Gasteiger partial charge in [-0.2, -0.15) is 26.2 Å². The summed E-state index contributed by atoms with van der Waals surface area (Å²) in [6, 6.07) is 12.2. The number of sulfonamides is 1. The Morgan fingerprint density at radius 1 is 1.12 bits per heavy atom. The summed E-state index contributed by atoms with van der Waals surface area (Å²) in [7, 11) is -6.44. The molecule has 33 heavy (non-hydrogen) atoms. The summed E-state index contributed by atoms with van der Waals surface area (Å²) in [5.41, 5.74) is 0.455. The Morgan fingerprint density at radius 3 is 2.39 bits per heavy atom. The molecule has 15 heteroatoms. The molecule has 0 unspecified atom stereocenters. The normalized spacial score (nSPS) is 12.4. The van der Waals surface area contributed by atoms with Gasteiger partial charge in [0.25, 0.3) is 11.1 Å². The standard InChI is InChI=1S/C18H16BrClN6O5S2/c1-24(2)33(30,31)25-12-21-18(23-25)32(28,29)26(17(27)14-6-8-16(20)9-7-14)22-11-13-4-3-5-15(19)10-13/h3-12H,1-2H3/b22-11+. The summed E-state index contributed by atoms with van der Waals surface area (Å²) in [5, 5.41) is 6.81. The van der Waals surface area contributed by atoms with E-state index in [4.69, 9.17) is 11.6 Å². The molecule has 0 aliphatic rings. The molecule has 0 aliphatic carbocycles. The van der Waals surface area contributed by atoms with Gasteiger partial charge < -0.3 is 0 Å². The molecule has 0 aliphatic heterocycles. The molecule has 1 aromatic heterocycles. The minimum absolute atomic E-state index is 0.0327. The molecule has 174 valence electrons. The Labute approximate surface area is 203 Å². The van der Waals surface area contributed by atoms with Crippen LogP contribution in [0.25, 0.3) is 0 Å². The number of aromatic nitrogens is 3. The first-order valence-corrected chi connectivity index (χ1v) is 12.9. The number of hydrazone groups is 1. The van der Waals surface area contributed by atoms with Crippen molar-refractivity contribution in [1.29, 1.82) is 0 Å². The zero-order valence-corrected chi connectivity index (χ0v) is 21.0. The van der Waals surface area contributed by atoms with E-state index in [-0.39, 0.29) is 9.98 Å². The zero-order chi connectivity index (χ0) is 24.4. The Morgan fingerprint density at radius 2 is 1.79 bits per heavy atom. The number of benzene rings is 2. The van der Waals surface area contributed by atoms with Gasteiger partial charge in [0.15, 0.2) is 0 Å².